The van der Waals surface area contributed by atoms with Gasteiger partial charge < -0.3 is 0 Å². The van der Waals surface area contributed by atoms with Gasteiger partial charge in [-0.2, -0.15) is 5.26 Å². The Hall–Kier alpha value is -2.65. The molecule has 1 aliphatic rings. The van der Waals surface area contributed by atoms with Gasteiger partial charge in [-0.15, -0.1) is 10.2 Å². The minimum atomic E-state index is 0.419. The molecule has 0 unspecified atom stereocenters. The van der Waals surface area contributed by atoms with Crippen molar-refractivity contribution in [3.8, 4) is 17.5 Å². The summed E-state index contributed by atoms with van der Waals surface area (Å²) in [6, 6.07) is 14.3. The number of benzene rings is 1. The Bertz CT molecular complexity index is 959. The van der Waals surface area contributed by atoms with Crippen LogP contribution in [0, 0.1) is 17.2 Å². The fraction of sp³-hybridized carbons (Fsp3) is 0.364. The van der Waals surface area contributed by atoms with Crippen LogP contribution >= 0.6 is 11.8 Å². The van der Waals surface area contributed by atoms with Crippen molar-refractivity contribution in [2.45, 2.75) is 49.6 Å². The second-order valence-corrected chi connectivity index (χ2v) is 8.29. The Morgan fingerprint density at radius 2 is 1.96 bits per heavy atom. The minimum Gasteiger partial charge on any atom is -0.299 e. The molecule has 4 rings (SSSR count). The zero-order chi connectivity index (χ0) is 19.3. The molecule has 2 atom stereocenters. The van der Waals surface area contributed by atoms with Crippen LogP contribution in [0.5, 0.6) is 0 Å². The summed E-state index contributed by atoms with van der Waals surface area (Å²) in [5, 5.41) is 19.0. The van der Waals surface area contributed by atoms with Crippen LogP contribution in [0.1, 0.15) is 49.8 Å². The molecular weight excluding hydrogens is 366 g/mol. The summed E-state index contributed by atoms with van der Waals surface area (Å²) in [6.07, 6.45) is 8.61. The second-order valence-electron chi connectivity index (χ2n) is 7.34. The third kappa shape index (κ3) is 3.95. The van der Waals surface area contributed by atoms with Crippen molar-refractivity contribution >= 4 is 11.8 Å². The van der Waals surface area contributed by atoms with E-state index in [1.165, 1.54) is 24.8 Å². The Kier molecular flexibility index (Phi) is 5.73. The number of thioether (sulfide) groups is 1. The number of nitrogens with zero attached hydrogens (tertiary/aromatic N) is 5. The first-order valence-electron chi connectivity index (χ1n) is 9.73. The topological polar surface area (TPSA) is 67.4 Å². The van der Waals surface area contributed by atoms with Gasteiger partial charge in [0, 0.05) is 29.8 Å². The van der Waals surface area contributed by atoms with Gasteiger partial charge in [0.1, 0.15) is 0 Å². The maximum Gasteiger partial charge on any atom is 0.192 e. The number of pyridine rings is 1. The van der Waals surface area contributed by atoms with E-state index in [9.17, 15) is 0 Å². The lowest BCUT2D eigenvalue weighted by molar-refractivity contribution is 0.247. The first-order valence-corrected chi connectivity index (χ1v) is 10.7. The SMILES string of the molecule is C[C@H]1CCCC[C@H]1n1c(SCc2ccc(C#N)cc2)nnc1-c1cccnc1. The molecule has 0 saturated heterocycles. The molecule has 1 fully saturated rings. The lowest BCUT2D eigenvalue weighted by Gasteiger charge is -2.31. The van der Waals surface area contributed by atoms with Crippen molar-refractivity contribution in [3.05, 3.63) is 59.9 Å². The number of nitriles is 1. The van der Waals surface area contributed by atoms with Gasteiger partial charge in [-0.25, -0.2) is 0 Å². The van der Waals surface area contributed by atoms with E-state index in [4.69, 9.17) is 5.26 Å². The van der Waals surface area contributed by atoms with Crippen LogP contribution < -0.4 is 0 Å². The monoisotopic (exact) mass is 389 g/mol. The van der Waals surface area contributed by atoms with Crippen LogP contribution in [-0.4, -0.2) is 19.7 Å². The minimum absolute atomic E-state index is 0.419. The molecule has 28 heavy (non-hydrogen) atoms. The summed E-state index contributed by atoms with van der Waals surface area (Å²) in [5.41, 5.74) is 2.88. The molecule has 142 valence electrons. The highest BCUT2D eigenvalue weighted by molar-refractivity contribution is 7.98. The highest BCUT2D eigenvalue weighted by Gasteiger charge is 2.28. The fourth-order valence-corrected chi connectivity index (χ4v) is 4.82. The Morgan fingerprint density at radius 1 is 1.14 bits per heavy atom. The molecule has 1 aliphatic carbocycles. The summed E-state index contributed by atoms with van der Waals surface area (Å²) in [6.45, 7) is 2.34. The van der Waals surface area contributed by atoms with Crippen molar-refractivity contribution in [3.63, 3.8) is 0 Å². The maximum absolute atomic E-state index is 8.97. The first-order chi connectivity index (χ1) is 13.8. The smallest absolute Gasteiger partial charge is 0.192 e. The molecule has 0 N–H and O–H groups in total. The van der Waals surface area contributed by atoms with E-state index < -0.39 is 0 Å². The van der Waals surface area contributed by atoms with E-state index in [0.29, 0.717) is 17.5 Å². The lowest BCUT2D eigenvalue weighted by atomic mass is 9.85. The third-order valence-electron chi connectivity index (χ3n) is 5.43. The third-order valence-corrected chi connectivity index (χ3v) is 6.45. The predicted octanol–water partition coefficient (Wildman–Crippen LogP) is 5.26. The number of rotatable bonds is 5. The van der Waals surface area contributed by atoms with E-state index in [1.807, 2.05) is 36.5 Å². The average molecular weight is 390 g/mol. The molecule has 3 aromatic rings. The molecule has 6 heteroatoms. The standard InChI is InChI=1S/C22H23N5S/c1-16-5-2-3-7-20(16)27-21(19-6-4-12-24-14-19)25-26-22(27)28-15-18-10-8-17(13-23)9-11-18/h4,6,8-12,14,16,20H,2-3,5,7,15H2,1H3/t16-,20+/m0/s1. The lowest BCUT2D eigenvalue weighted by Crippen LogP contribution is -2.22. The fourth-order valence-electron chi connectivity index (χ4n) is 3.87. The summed E-state index contributed by atoms with van der Waals surface area (Å²) in [5.74, 6) is 2.32. The van der Waals surface area contributed by atoms with Crippen LogP contribution in [0.25, 0.3) is 11.4 Å². The van der Waals surface area contributed by atoms with Crippen LogP contribution in [-0.2, 0) is 5.75 Å². The van der Waals surface area contributed by atoms with Gasteiger partial charge in [0.2, 0.25) is 0 Å². The predicted molar refractivity (Wildman–Crippen MR) is 111 cm³/mol. The van der Waals surface area contributed by atoms with Crippen LogP contribution in [0.15, 0.2) is 53.9 Å². The van der Waals surface area contributed by atoms with E-state index >= 15 is 0 Å². The largest absolute Gasteiger partial charge is 0.299 e. The second kappa shape index (κ2) is 8.57. The highest BCUT2D eigenvalue weighted by atomic mass is 32.2. The Balaban J connectivity index is 1.64. The van der Waals surface area contributed by atoms with Crippen LogP contribution in [0.3, 0.4) is 0 Å². The zero-order valence-corrected chi connectivity index (χ0v) is 16.8. The quantitative estimate of drug-likeness (QED) is 0.557. The molecule has 0 amide bonds. The summed E-state index contributed by atoms with van der Waals surface area (Å²) < 4.78 is 2.34. The molecule has 0 radical (unpaired) electrons. The molecule has 0 bridgehead atoms. The van der Waals surface area contributed by atoms with Gasteiger partial charge in [0.15, 0.2) is 11.0 Å². The molecule has 0 aliphatic heterocycles. The molecule has 2 heterocycles. The molecule has 1 saturated carbocycles. The van der Waals surface area contributed by atoms with Crippen molar-refractivity contribution < 1.29 is 0 Å². The van der Waals surface area contributed by atoms with Crippen molar-refractivity contribution in [2.75, 3.05) is 0 Å². The number of aromatic nitrogens is 4. The van der Waals surface area contributed by atoms with Crippen molar-refractivity contribution in [1.82, 2.24) is 19.7 Å². The Morgan fingerprint density at radius 3 is 2.68 bits per heavy atom. The zero-order valence-electron chi connectivity index (χ0n) is 16.0. The summed E-state index contributed by atoms with van der Waals surface area (Å²) in [7, 11) is 0. The van der Waals surface area contributed by atoms with Crippen LogP contribution in [0.4, 0.5) is 0 Å². The van der Waals surface area contributed by atoms with Crippen LogP contribution in [0.2, 0.25) is 0 Å². The van der Waals surface area contributed by atoms with Gasteiger partial charge in [-0.1, -0.05) is 43.7 Å². The Labute approximate surface area is 169 Å². The van der Waals surface area contributed by atoms with Crippen molar-refractivity contribution in [1.29, 1.82) is 5.26 Å². The van der Waals surface area contributed by atoms with Gasteiger partial charge in [-0.05, 0) is 48.6 Å². The van der Waals surface area contributed by atoms with Gasteiger partial charge >= 0.3 is 0 Å². The highest BCUT2D eigenvalue weighted by Crippen LogP contribution is 2.39. The van der Waals surface area contributed by atoms with Gasteiger partial charge in [0.05, 0.1) is 11.6 Å². The molecule has 0 spiro atoms. The maximum atomic E-state index is 8.97. The van der Waals surface area contributed by atoms with Gasteiger partial charge in [0.25, 0.3) is 0 Å². The number of hydrogen-bond acceptors (Lipinski definition) is 5. The molecule has 5 nitrogen and oxygen atoms in total. The normalized spacial score (nSPS) is 19.3. The summed E-state index contributed by atoms with van der Waals surface area (Å²) >= 11 is 1.71. The first kappa shape index (κ1) is 18.7. The summed E-state index contributed by atoms with van der Waals surface area (Å²) in [4.78, 5) is 4.27. The molecular formula is C22H23N5S. The van der Waals surface area contributed by atoms with E-state index in [2.05, 4.69) is 38.8 Å². The van der Waals surface area contributed by atoms with E-state index in [-0.39, 0.29) is 0 Å². The van der Waals surface area contributed by atoms with Gasteiger partial charge in [-0.3, -0.25) is 9.55 Å². The van der Waals surface area contributed by atoms with Crippen molar-refractivity contribution in [2.24, 2.45) is 5.92 Å². The molecule has 1 aromatic carbocycles. The average Bonchev–Trinajstić information content (AvgIpc) is 3.17. The van der Waals surface area contributed by atoms with E-state index in [1.54, 1.807) is 18.0 Å². The number of hydrogen-bond donors (Lipinski definition) is 0. The molecule has 2 aromatic heterocycles. The van der Waals surface area contributed by atoms with E-state index in [0.717, 1.165) is 28.7 Å².